The van der Waals surface area contributed by atoms with E-state index in [0.29, 0.717) is 12.4 Å². The van der Waals surface area contributed by atoms with Crippen LogP contribution in [0.15, 0.2) is 18.2 Å². The summed E-state index contributed by atoms with van der Waals surface area (Å²) < 4.78 is 5.49. The molecule has 20 heavy (non-hydrogen) atoms. The Hall–Kier alpha value is -2.09. The Morgan fingerprint density at radius 1 is 1.25 bits per heavy atom. The van der Waals surface area contributed by atoms with E-state index >= 15 is 0 Å². The monoisotopic (exact) mass is 276 g/mol. The number of hydrogen-bond donors (Lipinski definition) is 0. The van der Waals surface area contributed by atoms with Crippen molar-refractivity contribution in [1.82, 2.24) is 0 Å². The minimum atomic E-state index is -0.559. The Kier molecular flexibility index (Phi) is 7.12. The largest absolute Gasteiger partial charge is 0.493 e. The fraction of sp³-hybridized carbons (Fsp3) is 0.533. The predicted molar refractivity (Wildman–Crippen MR) is 76.7 cm³/mol. The quantitative estimate of drug-likeness (QED) is 0.384. The van der Waals surface area contributed by atoms with Crippen molar-refractivity contribution in [3.05, 3.63) is 33.9 Å². The number of unbranched alkanes of at least 4 members (excludes halogenated alkanes) is 5. The van der Waals surface area contributed by atoms with E-state index in [9.17, 15) is 10.1 Å². The minimum absolute atomic E-state index is 0.0573. The summed E-state index contributed by atoms with van der Waals surface area (Å²) in [5.74, 6) is 0.448. The molecule has 5 heteroatoms. The number of nitriles is 1. The number of nitrogens with zero attached hydrogens (tertiary/aromatic N) is 2. The molecule has 0 unspecified atom stereocenters. The van der Waals surface area contributed by atoms with E-state index in [0.717, 1.165) is 12.8 Å². The smallest absolute Gasteiger partial charge is 0.290 e. The molecule has 1 aromatic carbocycles. The zero-order valence-corrected chi connectivity index (χ0v) is 11.8. The van der Waals surface area contributed by atoms with Crippen molar-refractivity contribution >= 4 is 5.69 Å². The van der Waals surface area contributed by atoms with Gasteiger partial charge in [-0.25, -0.2) is 0 Å². The summed E-state index contributed by atoms with van der Waals surface area (Å²) >= 11 is 0. The molecule has 0 heterocycles. The lowest BCUT2D eigenvalue weighted by atomic mass is 10.1. The second-order valence-corrected chi connectivity index (χ2v) is 4.66. The number of hydrogen-bond acceptors (Lipinski definition) is 4. The third-order valence-corrected chi connectivity index (χ3v) is 3.05. The van der Waals surface area contributed by atoms with Gasteiger partial charge in [0.15, 0.2) is 0 Å². The molecule has 0 aliphatic heterocycles. The highest BCUT2D eigenvalue weighted by Crippen LogP contribution is 2.24. The fourth-order valence-corrected chi connectivity index (χ4v) is 1.92. The molecule has 0 fully saturated rings. The fourth-order valence-electron chi connectivity index (χ4n) is 1.92. The van der Waals surface area contributed by atoms with Crippen molar-refractivity contribution in [2.24, 2.45) is 0 Å². The van der Waals surface area contributed by atoms with Crippen molar-refractivity contribution in [2.45, 2.75) is 45.4 Å². The van der Waals surface area contributed by atoms with Gasteiger partial charge in [0.05, 0.1) is 17.6 Å². The Morgan fingerprint density at radius 3 is 2.60 bits per heavy atom. The van der Waals surface area contributed by atoms with Crippen molar-refractivity contribution in [2.75, 3.05) is 6.61 Å². The summed E-state index contributed by atoms with van der Waals surface area (Å²) in [7, 11) is 0. The number of rotatable bonds is 9. The average Bonchev–Trinajstić information content (AvgIpc) is 2.46. The highest BCUT2D eigenvalue weighted by atomic mass is 16.6. The molecule has 1 aromatic rings. The average molecular weight is 276 g/mol. The van der Waals surface area contributed by atoms with Gasteiger partial charge in [-0.15, -0.1) is 0 Å². The summed E-state index contributed by atoms with van der Waals surface area (Å²) in [6.45, 7) is 2.73. The van der Waals surface area contributed by atoms with E-state index in [1.54, 1.807) is 12.1 Å². The molecule has 0 N–H and O–H groups in total. The maximum absolute atomic E-state index is 10.8. The number of nitro groups is 1. The summed E-state index contributed by atoms with van der Waals surface area (Å²) in [6, 6.07) is 6.14. The Morgan fingerprint density at radius 2 is 1.95 bits per heavy atom. The van der Waals surface area contributed by atoms with Crippen LogP contribution in [0.3, 0.4) is 0 Å². The third-order valence-electron chi connectivity index (χ3n) is 3.05. The number of ether oxygens (including phenoxy) is 1. The van der Waals surface area contributed by atoms with Gasteiger partial charge < -0.3 is 4.74 Å². The number of benzene rings is 1. The molecule has 0 atom stereocenters. The molecule has 0 aliphatic rings. The maximum atomic E-state index is 10.8. The van der Waals surface area contributed by atoms with Gasteiger partial charge in [0.1, 0.15) is 17.4 Å². The standard InChI is InChI=1S/C15H20N2O3/c1-2-3-4-5-6-7-10-20-14-9-8-13(12-16)15(11-14)17(18)19/h8-9,11H,2-7,10H2,1H3. The van der Waals surface area contributed by atoms with E-state index in [1.165, 1.54) is 37.8 Å². The highest BCUT2D eigenvalue weighted by Gasteiger charge is 2.14. The van der Waals surface area contributed by atoms with Gasteiger partial charge in [0.25, 0.3) is 5.69 Å². The zero-order chi connectivity index (χ0) is 14.8. The van der Waals surface area contributed by atoms with Crippen LogP contribution in [0.4, 0.5) is 5.69 Å². The van der Waals surface area contributed by atoms with Gasteiger partial charge in [-0.05, 0) is 18.6 Å². The van der Waals surface area contributed by atoms with Crippen LogP contribution < -0.4 is 4.74 Å². The van der Waals surface area contributed by atoms with E-state index < -0.39 is 4.92 Å². The first kappa shape index (κ1) is 16.0. The molecule has 5 nitrogen and oxygen atoms in total. The van der Waals surface area contributed by atoms with Crippen LogP contribution >= 0.6 is 0 Å². The molecular formula is C15H20N2O3. The molecule has 0 amide bonds. The van der Waals surface area contributed by atoms with Crippen LogP contribution in [-0.2, 0) is 0 Å². The SMILES string of the molecule is CCCCCCCCOc1ccc(C#N)c([N+](=O)[O-])c1. The Balaban J connectivity index is 2.39. The lowest BCUT2D eigenvalue weighted by molar-refractivity contribution is -0.385. The van der Waals surface area contributed by atoms with Crippen LogP contribution in [0.2, 0.25) is 0 Å². The molecule has 0 saturated carbocycles. The van der Waals surface area contributed by atoms with Crippen molar-refractivity contribution < 1.29 is 9.66 Å². The Bertz CT molecular complexity index is 480. The molecule has 0 saturated heterocycles. The first-order chi connectivity index (χ1) is 9.69. The van der Waals surface area contributed by atoms with Crippen LogP contribution in [0.5, 0.6) is 5.75 Å². The van der Waals surface area contributed by atoms with Crippen LogP contribution in [0.25, 0.3) is 0 Å². The van der Waals surface area contributed by atoms with Crippen molar-refractivity contribution in [3.63, 3.8) is 0 Å². The van der Waals surface area contributed by atoms with E-state index in [-0.39, 0.29) is 11.3 Å². The lowest BCUT2D eigenvalue weighted by Crippen LogP contribution is -1.99. The molecule has 0 bridgehead atoms. The second-order valence-electron chi connectivity index (χ2n) is 4.66. The van der Waals surface area contributed by atoms with Crippen LogP contribution in [0, 0.1) is 21.4 Å². The van der Waals surface area contributed by atoms with Gasteiger partial charge in [0, 0.05) is 0 Å². The second kappa shape index (κ2) is 8.92. The summed E-state index contributed by atoms with van der Waals surface area (Å²) in [5.41, 5.74) is -0.144. The number of nitro benzene ring substituents is 1. The molecule has 108 valence electrons. The van der Waals surface area contributed by atoms with Crippen LogP contribution in [-0.4, -0.2) is 11.5 Å². The topological polar surface area (TPSA) is 76.2 Å². The summed E-state index contributed by atoms with van der Waals surface area (Å²) in [6.07, 6.45) is 6.99. The molecule has 1 rings (SSSR count). The van der Waals surface area contributed by atoms with E-state index in [1.807, 2.05) is 0 Å². The minimum Gasteiger partial charge on any atom is -0.493 e. The highest BCUT2D eigenvalue weighted by molar-refractivity contribution is 5.52. The zero-order valence-electron chi connectivity index (χ0n) is 11.8. The lowest BCUT2D eigenvalue weighted by Gasteiger charge is -2.06. The van der Waals surface area contributed by atoms with Crippen LogP contribution in [0.1, 0.15) is 51.0 Å². The van der Waals surface area contributed by atoms with Crippen molar-refractivity contribution in [1.29, 1.82) is 5.26 Å². The third kappa shape index (κ3) is 5.27. The predicted octanol–water partition coefficient (Wildman–Crippen LogP) is 4.21. The summed E-state index contributed by atoms with van der Waals surface area (Å²) in [4.78, 5) is 10.2. The van der Waals surface area contributed by atoms with Gasteiger partial charge in [0.2, 0.25) is 0 Å². The molecule has 0 radical (unpaired) electrons. The van der Waals surface area contributed by atoms with Gasteiger partial charge >= 0.3 is 0 Å². The maximum Gasteiger partial charge on any atom is 0.290 e. The van der Waals surface area contributed by atoms with E-state index in [2.05, 4.69) is 6.92 Å². The summed E-state index contributed by atoms with van der Waals surface area (Å²) in [5, 5.41) is 19.6. The first-order valence-electron chi connectivity index (χ1n) is 7.00. The van der Waals surface area contributed by atoms with Gasteiger partial charge in [-0.1, -0.05) is 39.0 Å². The molecule has 0 aromatic heterocycles. The normalized spacial score (nSPS) is 10.0. The first-order valence-corrected chi connectivity index (χ1v) is 7.00. The molecule has 0 aliphatic carbocycles. The molecular weight excluding hydrogens is 256 g/mol. The van der Waals surface area contributed by atoms with Crippen molar-refractivity contribution in [3.8, 4) is 11.8 Å². The van der Waals surface area contributed by atoms with E-state index in [4.69, 9.17) is 10.00 Å². The Labute approximate surface area is 119 Å². The molecule has 0 spiro atoms. The van der Waals surface area contributed by atoms with Gasteiger partial charge in [-0.2, -0.15) is 5.26 Å². The van der Waals surface area contributed by atoms with Gasteiger partial charge in [-0.3, -0.25) is 10.1 Å².